The van der Waals surface area contributed by atoms with Gasteiger partial charge in [0.2, 0.25) is 0 Å². The van der Waals surface area contributed by atoms with Crippen molar-refractivity contribution >= 4 is 28.3 Å². The minimum atomic E-state index is -0.372. The van der Waals surface area contributed by atoms with Crippen LogP contribution in [-0.2, 0) is 6.54 Å². The molecule has 0 aliphatic rings. The van der Waals surface area contributed by atoms with E-state index in [4.69, 9.17) is 19.2 Å². The number of anilines is 2. The molecule has 2 N–H and O–H groups in total. The van der Waals surface area contributed by atoms with Gasteiger partial charge in [-0.05, 0) is 42.0 Å². The van der Waals surface area contributed by atoms with Gasteiger partial charge in [0.1, 0.15) is 17.1 Å². The van der Waals surface area contributed by atoms with Crippen molar-refractivity contribution < 1.29 is 18.7 Å². The molecule has 7 heteroatoms. The maximum atomic E-state index is 12.7. The topological polar surface area (TPSA) is 96.5 Å². The Morgan fingerprint density at radius 3 is 2.31 bits per heavy atom. The van der Waals surface area contributed by atoms with Crippen LogP contribution in [0.3, 0.4) is 0 Å². The Morgan fingerprint density at radius 1 is 0.938 bits per heavy atom. The van der Waals surface area contributed by atoms with Crippen LogP contribution >= 0.6 is 0 Å². The van der Waals surface area contributed by atoms with Crippen molar-refractivity contribution in [3.05, 3.63) is 83.6 Å². The molecule has 0 atom stereocenters. The number of nitriles is 1. The molecule has 0 aliphatic heterocycles. The van der Waals surface area contributed by atoms with Crippen molar-refractivity contribution in [2.75, 3.05) is 24.9 Å². The maximum Gasteiger partial charge on any atom is 0.291 e. The van der Waals surface area contributed by atoms with Gasteiger partial charge in [0.15, 0.2) is 5.76 Å². The second kappa shape index (κ2) is 9.14. The number of fused-ring (bicyclic) bond motifs is 1. The molecule has 160 valence electrons. The summed E-state index contributed by atoms with van der Waals surface area (Å²) >= 11 is 0. The van der Waals surface area contributed by atoms with Crippen molar-refractivity contribution in [3.8, 4) is 17.6 Å². The van der Waals surface area contributed by atoms with Crippen LogP contribution in [0.25, 0.3) is 11.0 Å². The standard InChI is InChI=1S/C25H21N3O4/c1-30-21-11-20(12-22(13-21)31-2)28-25(29)24-10-18-9-19(7-8-23(18)32-24)27-15-17-5-3-16(14-26)4-6-17/h3-13,27H,15H2,1-2H3,(H,28,29). The second-order valence-electron chi connectivity index (χ2n) is 7.08. The fraction of sp³-hybridized carbons (Fsp3) is 0.120. The van der Waals surface area contributed by atoms with Gasteiger partial charge in [-0.25, -0.2) is 0 Å². The Bertz CT molecular complexity index is 1280. The highest BCUT2D eigenvalue weighted by molar-refractivity contribution is 6.05. The molecule has 4 aromatic rings. The van der Waals surface area contributed by atoms with Gasteiger partial charge in [0.05, 0.1) is 25.9 Å². The number of hydrogen-bond acceptors (Lipinski definition) is 6. The Labute approximate surface area is 185 Å². The van der Waals surface area contributed by atoms with Gasteiger partial charge in [0, 0.05) is 41.5 Å². The average Bonchev–Trinajstić information content (AvgIpc) is 3.26. The molecule has 0 saturated carbocycles. The highest BCUT2D eigenvalue weighted by Crippen LogP contribution is 2.28. The van der Waals surface area contributed by atoms with Crippen molar-refractivity contribution in [2.45, 2.75) is 6.54 Å². The van der Waals surface area contributed by atoms with Crippen LogP contribution in [0.5, 0.6) is 11.5 Å². The fourth-order valence-corrected chi connectivity index (χ4v) is 3.24. The Balaban J connectivity index is 1.47. The third kappa shape index (κ3) is 4.65. The number of ether oxygens (including phenoxy) is 2. The van der Waals surface area contributed by atoms with Gasteiger partial charge in [0.25, 0.3) is 5.91 Å². The number of methoxy groups -OCH3 is 2. The van der Waals surface area contributed by atoms with E-state index < -0.39 is 0 Å². The van der Waals surface area contributed by atoms with Crippen LogP contribution < -0.4 is 20.1 Å². The summed E-state index contributed by atoms with van der Waals surface area (Å²) in [6, 6.07) is 22.0. The number of rotatable bonds is 7. The second-order valence-corrected chi connectivity index (χ2v) is 7.08. The number of nitrogens with one attached hydrogen (secondary N) is 2. The zero-order valence-electron chi connectivity index (χ0n) is 17.6. The van der Waals surface area contributed by atoms with E-state index in [-0.39, 0.29) is 11.7 Å². The van der Waals surface area contributed by atoms with E-state index in [2.05, 4.69) is 16.7 Å². The summed E-state index contributed by atoms with van der Waals surface area (Å²) in [5.41, 5.74) is 3.74. The highest BCUT2D eigenvalue weighted by Gasteiger charge is 2.14. The molecule has 1 heterocycles. The largest absolute Gasteiger partial charge is 0.497 e. The number of furan rings is 1. The molecular formula is C25H21N3O4. The van der Waals surface area contributed by atoms with Crippen LogP contribution in [0.4, 0.5) is 11.4 Å². The molecule has 0 fully saturated rings. The molecule has 0 aliphatic carbocycles. The number of amides is 1. The zero-order chi connectivity index (χ0) is 22.5. The van der Waals surface area contributed by atoms with E-state index >= 15 is 0 Å². The van der Waals surface area contributed by atoms with E-state index in [0.717, 1.165) is 16.6 Å². The number of benzene rings is 3. The molecule has 0 bridgehead atoms. The quantitative estimate of drug-likeness (QED) is 0.422. The minimum absolute atomic E-state index is 0.200. The van der Waals surface area contributed by atoms with Crippen molar-refractivity contribution in [3.63, 3.8) is 0 Å². The van der Waals surface area contributed by atoms with Crippen LogP contribution in [0.1, 0.15) is 21.7 Å². The first-order valence-corrected chi connectivity index (χ1v) is 9.89. The first-order valence-electron chi connectivity index (χ1n) is 9.89. The predicted octanol–water partition coefficient (Wildman–Crippen LogP) is 5.19. The smallest absolute Gasteiger partial charge is 0.291 e. The van der Waals surface area contributed by atoms with Gasteiger partial charge < -0.3 is 24.5 Å². The normalized spacial score (nSPS) is 10.4. The summed E-state index contributed by atoms with van der Waals surface area (Å²) < 4.78 is 16.2. The lowest BCUT2D eigenvalue weighted by atomic mass is 10.1. The van der Waals surface area contributed by atoms with Gasteiger partial charge in [-0.15, -0.1) is 0 Å². The van der Waals surface area contributed by atoms with E-state index in [1.54, 1.807) is 50.6 Å². The molecule has 7 nitrogen and oxygen atoms in total. The molecule has 0 saturated heterocycles. The van der Waals surface area contributed by atoms with Crippen LogP contribution in [0.2, 0.25) is 0 Å². The summed E-state index contributed by atoms with van der Waals surface area (Å²) in [6.07, 6.45) is 0. The number of nitrogens with zero attached hydrogens (tertiary/aromatic N) is 1. The molecule has 3 aromatic carbocycles. The van der Waals surface area contributed by atoms with Crippen LogP contribution in [0, 0.1) is 11.3 Å². The highest BCUT2D eigenvalue weighted by atomic mass is 16.5. The molecule has 0 spiro atoms. The molecule has 0 radical (unpaired) electrons. The van der Waals surface area contributed by atoms with Crippen molar-refractivity contribution in [1.29, 1.82) is 5.26 Å². The van der Waals surface area contributed by atoms with Gasteiger partial charge in [-0.3, -0.25) is 4.79 Å². The summed E-state index contributed by atoms with van der Waals surface area (Å²) in [5.74, 6) is 0.971. The van der Waals surface area contributed by atoms with E-state index in [1.165, 1.54) is 0 Å². The van der Waals surface area contributed by atoms with E-state index in [1.807, 2.05) is 30.3 Å². The lowest BCUT2D eigenvalue weighted by Gasteiger charge is -2.08. The predicted molar refractivity (Wildman–Crippen MR) is 122 cm³/mol. The molecule has 0 unspecified atom stereocenters. The summed E-state index contributed by atoms with van der Waals surface area (Å²) in [7, 11) is 3.10. The number of carbonyl (C=O) groups excluding carboxylic acids is 1. The van der Waals surface area contributed by atoms with Crippen molar-refractivity contribution in [2.24, 2.45) is 0 Å². The SMILES string of the molecule is COc1cc(NC(=O)c2cc3cc(NCc4ccc(C#N)cc4)ccc3o2)cc(OC)c1. The third-order valence-corrected chi connectivity index (χ3v) is 4.93. The summed E-state index contributed by atoms with van der Waals surface area (Å²) in [5, 5.41) is 15.9. The van der Waals surface area contributed by atoms with Crippen molar-refractivity contribution in [1.82, 2.24) is 0 Å². The first-order chi connectivity index (χ1) is 15.6. The van der Waals surface area contributed by atoms with E-state index in [9.17, 15) is 4.79 Å². The lowest BCUT2D eigenvalue weighted by Crippen LogP contribution is -2.11. The van der Waals surface area contributed by atoms with Crippen LogP contribution in [0.15, 0.2) is 71.1 Å². The molecule has 1 amide bonds. The lowest BCUT2D eigenvalue weighted by molar-refractivity contribution is 0.0998. The van der Waals surface area contributed by atoms with Gasteiger partial charge in [-0.1, -0.05) is 12.1 Å². The Kier molecular flexibility index (Phi) is 5.95. The molecular weight excluding hydrogens is 406 g/mol. The Morgan fingerprint density at radius 2 is 1.66 bits per heavy atom. The first kappa shape index (κ1) is 20.8. The van der Waals surface area contributed by atoms with Gasteiger partial charge >= 0.3 is 0 Å². The molecule has 4 rings (SSSR count). The Hall–Kier alpha value is -4.44. The third-order valence-electron chi connectivity index (χ3n) is 4.93. The fourth-order valence-electron chi connectivity index (χ4n) is 3.24. The maximum absolute atomic E-state index is 12.7. The minimum Gasteiger partial charge on any atom is -0.497 e. The van der Waals surface area contributed by atoms with E-state index in [0.29, 0.717) is 34.9 Å². The molecule has 1 aromatic heterocycles. The van der Waals surface area contributed by atoms with Gasteiger partial charge in [-0.2, -0.15) is 5.26 Å². The summed E-state index contributed by atoms with van der Waals surface area (Å²) in [6.45, 7) is 0.611. The number of carbonyl (C=O) groups is 1. The average molecular weight is 427 g/mol. The molecule has 32 heavy (non-hydrogen) atoms. The summed E-state index contributed by atoms with van der Waals surface area (Å²) in [4.78, 5) is 12.7. The number of hydrogen-bond donors (Lipinski definition) is 2. The monoisotopic (exact) mass is 427 g/mol. The zero-order valence-corrected chi connectivity index (χ0v) is 17.6. The van der Waals surface area contributed by atoms with Crippen LogP contribution in [-0.4, -0.2) is 20.1 Å².